The molecule has 0 aliphatic rings. The van der Waals surface area contributed by atoms with Crippen molar-refractivity contribution >= 4 is 5.97 Å². The molecule has 5 nitrogen and oxygen atoms in total. The van der Waals surface area contributed by atoms with Crippen LogP contribution in [0.4, 0.5) is 8.78 Å². The first-order valence-electron chi connectivity index (χ1n) is 4.47. The molecule has 17 heavy (non-hydrogen) atoms. The van der Waals surface area contributed by atoms with Gasteiger partial charge in [-0.3, -0.25) is 4.79 Å². The fourth-order valence-electron chi connectivity index (χ4n) is 1.34. The highest BCUT2D eigenvalue weighted by Crippen LogP contribution is 2.31. The molecule has 1 aromatic heterocycles. The Balaban J connectivity index is 3.40. The number of alkyl halides is 2. The Morgan fingerprint density at radius 1 is 1.71 bits per heavy atom. The zero-order chi connectivity index (χ0) is 13.0. The van der Waals surface area contributed by atoms with Crippen LogP contribution in [0.25, 0.3) is 0 Å². The van der Waals surface area contributed by atoms with Gasteiger partial charge in [-0.25, -0.2) is 13.8 Å². The highest BCUT2D eigenvalue weighted by Gasteiger charge is 2.22. The van der Waals surface area contributed by atoms with Crippen molar-refractivity contribution in [3.05, 3.63) is 23.0 Å². The number of carbonyl (C=O) groups is 1. The first-order chi connectivity index (χ1) is 7.99. The first kappa shape index (κ1) is 12.8. The molecule has 7 heteroatoms. The number of ether oxygens (including phenoxy) is 1. The van der Waals surface area contributed by atoms with Gasteiger partial charge >= 0.3 is 5.97 Å². The van der Waals surface area contributed by atoms with E-state index in [1.807, 2.05) is 0 Å². The van der Waals surface area contributed by atoms with Gasteiger partial charge in [0.2, 0.25) is 0 Å². The van der Waals surface area contributed by atoms with Crippen LogP contribution in [0.5, 0.6) is 5.75 Å². The van der Waals surface area contributed by atoms with E-state index in [0.717, 1.165) is 13.2 Å². The molecule has 0 aliphatic heterocycles. The van der Waals surface area contributed by atoms with Gasteiger partial charge in [-0.2, -0.15) is 5.26 Å². The molecule has 0 bridgehead atoms. The topological polar surface area (TPSA) is 83.2 Å². The van der Waals surface area contributed by atoms with Crippen LogP contribution in [0.1, 0.15) is 23.4 Å². The van der Waals surface area contributed by atoms with Crippen LogP contribution in [-0.4, -0.2) is 23.2 Å². The minimum atomic E-state index is -2.94. The van der Waals surface area contributed by atoms with Crippen LogP contribution >= 0.6 is 0 Å². The lowest BCUT2D eigenvalue weighted by Crippen LogP contribution is -2.07. The van der Waals surface area contributed by atoms with Crippen molar-refractivity contribution in [2.45, 2.75) is 12.8 Å². The molecule has 0 saturated heterocycles. The maximum absolute atomic E-state index is 12.6. The second-order valence-corrected chi connectivity index (χ2v) is 3.07. The van der Waals surface area contributed by atoms with Crippen LogP contribution in [0.15, 0.2) is 6.07 Å². The normalized spacial score (nSPS) is 10.1. The third-order valence-corrected chi connectivity index (χ3v) is 1.94. The van der Waals surface area contributed by atoms with Gasteiger partial charge in [-0.15, -0.1) is 0 Å². The molecule has 0 aromatic carbocycles. The van der Waals surface area contributed by atoms with Crippen molar-refractivity contribution in [3.8, 4) is 11.8 Å². The lowest BCUT2D eigenvalue weighted by molar-refractivity contribution is -0.136. The smallest absolute Gasteiger partial charge is 0.307 e. The lowest BCUT2D eigenvalue weighted by atomic mass is 10.1. The summed E-state index contributed by atoms with van der Waals surface area (Å²) in [6.07, 6.45) is -3.45. The van der Waals surface area contributed by atoms with E-state index < -0.39 is 24.5 Å². The number of rotatable bonds is 4. The predicted octanol–water partition coefficient (Wildman–Crippen LogP) is 1.53. The third kappa shape index (κ3) is 2.87. The Kier molecular flexibility index (Phi) is 3.93. The van der Waals surface area contributed by atoms with Crippen LogP contribution < -0.4 is 4.74 Å². The van der Waals surface area contributed by atoms with E-state index in [1.165, 1.54) is 0 Å². The number of pyridine rings is 1. The molecular weight excluding hydrogens is 234 g/mol. The highest BCUT2D eigenvalue weighted by molar-refractivity contribution is 5.71. The molecule has 1 rings (SSSR count). The first-order valence-corrected chi connectivity index (χ1v) is 4.47. The number of aliphatic carboxylic acids is 1. The summed E-state index contributed by atoms with van der Waals surface area (Å²) in [6, 6.07) is 2.72. The lowest BCUT2D eigenvalue weighted by Gasteiger charge is -2.11. The van der Waals surface area contributed by atoms with Gasteiger partial charge in [-0.05, 0) is 6.07 Å². The van der Waals surface area contributed by atoms with Gasteiger partial charge < -0.3 is 9.84 Å². The number of methoxy groups -OCH3 is 1. The molecule has 0 aliphatic carbocycles. The zero-order valence-corrected chi connectivity index (χ0v) is 8.78. The number of carboxylic acids is 1. The maximum atomic E-state index is 12.6. The maximum Gasteiger partial charge on any atom is 0.307 e. The van der Waals surface area contributed by atoms with Crippen molar-refractivity contribution in [1.82, 2.24) is 4.98 Å². The monoisotopic (exact) mass is 242 g/mol. The SMILES string of the molecule is COc1c(CC(=O)O)cc(C#N)nc1C(F)F. The van der Waals surface area contributed by atoms with Crippen molar-refractivity contribution in [1.29, 1.82) is 5.26 Å². The Morgan fingerprint density at radius 3 is 2.76 bits per heavy atom. The molecule has 1 heterocycles. The molecule has 0 fully saturated rings. The molecule has 90 valence electrons. The van der Waals surface area contributed by atoms with E-state index in [-0.39, 0.29) is 17.0 Å². The van der Waals surface area contributed by atoms with Crippen molar-refractivity contribution in [3.63, 3.8) is 0 Å². The molecular formula is C10H8F2N2O3. The molecule has 1 aromatic rings. The average molecular weight is 242 g/mol. The van der Waals surface area contributed by atoms with E-state index in [1.54, 1.807) is 6.07 Å². The van der Waals surface area contributed by atoms with Gasteiger partial charge in [0.1, 0.15) is 23.2 Å². The number of halogens is 2. The van der Waals surface area contributed by atoms with Crippen LogP contribution in [-0.2, 0) is 11.2 Å². The number of nitrogens with zero attached hydrogens (tertiary/aromatic N) is 2. The van der Waals surface area contributed by atoms with Crippen LogP contribution in [0.3, 0.4) is 0 Å². The van der Waals surface area contributed by atoms with E-state index in [9.17, 15) is 13.6 Å². The molecule has 0 amide bonds. The predicted molar refractivity (Wildman–Crippen MR) is 51.8 cm³/mol. The quantitative estimate of drug-likeness (QED) is 0.865. The minimum absolute atomic E-state index is 0.00171. The second-order valence-electron chi connectivity index (χ2n) is 3.07. The fraction of sp³-hybridized carbons (Fsp3) is 0.300. The fourth-order valence-corrected chi connectivity index (χ4v) is 1.34. The summed E-state index contributed by atoms with van der Waals surface area (Å²) < 4.78 is 30.0. The largest absolute Gasteiger partial charge is 0.494 e. The molecule has 0 unspecified atom stereocenters. The van der Waals surface area contributed by atoms with E-state index in [2.05, 4.69) is 4.98 Å². The average Bonchev–Trinajstić information content (AvgIpc) is 2.26. The van der Waals surface area contributed by atoms with E-state index >= 15 is 0 Å². The number of nitriles is 1. The van der Waals surface area contributed by atoms with E-state index in [0.29, 0.717) is 0 Å². The molecule has 0 radical (unpaired) electrons. The highest BCUT2D eigenvalue weighted by atomic mass is 19.3. The number of hydrogen-bond acceptors (Lipinski definition) is 4. The van der Waals surface area contributed by atoms with Gasteiger partial charge in [0.05, 0.1) is 13.5 Å². The second kappa shape index (κ2) is 5.21. The summed E-state index contributed by atoms with van der Waals surface area (Å²) in [5.74, 6) is -1.50. The van der Waals surface area contributed by atoms with Crippen molar-refractivity contribution in [2.24, 2.45) is 0 Å². The molecule has 0 saturated carbocycles. The van der Waals surface area contributed by atoms with Gasteiger partial charge in [0, 0.05) is 5.56 Å². The Morgan fingerprint density at radius 2 is 2.35 bits per heavy atom. The Labute approximate surface area is 95.3 Å². The third-order valence-electron chi connectivity index (χ3n) is 1.94. The number of carboxylic acid groups (broad SMARTS) is 1. The molecule has 0 spiro atoms. The van der Waals surface area contributed by atoms with Gasteiger partial charge in [-0.1, -0.05) is 0 Å². The van der Waals surface area contributed by atoms with Gasteiger partial charge in [0.15, 0.2) is 0 Å². The summed E-state index contributed by atoms with van der Waals surface area (Å²) in [5.41, 5.74) is -0.984. The molecule has 0 atom stereocenters. The van der Waals surface area contributed by atoms with Crippen molar-refractivity contribution in [2.75, 3.05) is 7.11 Å². The summed E-state index contributed by atoms with van der Waals surface area (Å²) >= 11 is 0. The summed E-state index contributed by atoms with van der Waals surface area (Å²) in [6.45, 7) is 0. The van der Waals surface area contributed by atoms with Crippen molar-refractivity contribution < 1.29 is 23.4 Å². The number of aromatic nitrogens is 1. The van der Waals surface area contributed by atoms with Crippen LogP contribution in [0.2, 0.25) is 0 Å². The van der Waals surface area contributed by atoms with E-state index in [4.69, 9.17) is 15.1 Å². The van der Waals surface area contributed by atoms with Crippen LogP contribution in [0, 0.1) is 11.3 Å². The summed E-state index contributed by atoms with van der Waals surface area (Å²) in [4.78, 5) is 14.0. The zero-order valence-electron chi connectivity index (χ0n) is 8.78. The standard InChI is InChI=1S/C10H8F2N2O3/c1-17-9-5(3-7(15)16)2-6(4-13)14-8(9)10(11)12/h2,10H,3H2,1H3,(H,15,16). The molecule has 1 N–H and O–H groups in total. The summed E-state index contributed by atoms with van der Waals surface area (Å²) in [5, 5.41) is 17.3. The minimum Gasteiger partial charge on any atom is -0.494 e. The number of hydrogen-bond donors (Lipinski definition) is 1. The Bertz CT molecular complexity index is 483. The van der Waals surface area contributed by atoms with Gasteiger partial charge in [0.25, 0.3) is 6.43 Å². The Hall–Kier alpha value is -2.23. The summed E-state index contributed by atoms with van der Waals surface area (Å²) in [7, 11) is 1.14.